The van der Waals surface area contributed by atoms with E-state index in [2.05, 4.69) is 29.4 Å². The molecule has 1 aliphatic rings. The molecule has 0 radical (unpaired) electrons. The minimum atomic E-state index is -0.0387. The van der Waals surface area contributed by atoms with Crippen LogP contribution in [0.2, 0.25) is 0 Å². The highest BCUT2D eigenvalue weighted by atomic mass is 16.2. The summed E-state index contributed by atoms with van der Waals surface area (Å²) in [6, 6.07) is 0.654. The third-order valence-electron chi connectivity index (χ3n) is 3.56. The highest BCUT2D eigenvalue weighted by Crippen LogP contribution is 2.11. The lowest BCUT2D eigenvalue weighted by molar-refractivity contribution is 0.170. The van der Waals surface area contributed by atoms with E-state index in [0.717, 1.165) is 13.0 Å². The van der Waals surface area contributed by atoms with Crippen molar-refractivity contribution >= 4 is 6.03 Å². The quantitative estimate of drug-likeness (QED) is 0.773. The molecule has 0 aromatic carbocycles. The van der Waals surface area contributed by atoms with Crippen molar-refractivity contribution in [2.24, 2.45) is 0 Å². The molecule has 2 N–H and O–H groups in total. The summed E-state index contributed by atoms with van der Waals surface area (Å²) >= 11 is 0. The Kier molecular flexibility index (Phi) is 6.34. The molecule has 2 atom stereocenters. The number of nitrogens with zero attached hydrogens (tertiary/aromatic N) is 1. The highest BCUT2D eigenvalue weighted by molar-refractivity contribution is 5.74. The number of carbonyl (C=O) groups is 1. The van der Waals surface area contributed by atoms with Crippen LogP contribution in [0.15, 0.2) is 0 Å². The number of carbonyl (C=O) groups excluding carboxylic acids is 1. The van der Waals surface area contributed by atoms with Crippen molar-refractivity contribution in [1.29, 1.82) is 0 Å². The summed E-state index contributed by atoms with van der Waals surface area (Å²) in [5.74, 6) is 0. The van der Waals surface area contributed by atoms with E-state index in [4.69, 9.17) is 0 Å². The minimum Gasteiger partial charge on any atom is -0.337 e. The van der Waals surface area contributed by atoms with Crippen LogP contribution < -0.4 is 10.6 Å². The molecule has 1 heterocycles. The molecule has 0 spiro atoms. The van der Waals surface area contributed by atoms with Gasteiger partial charge < -0.3 is 10.6 Å². The average Bonchev–Trinajstić information content (AvgIpc) is 2.36. The number of urea groups is 1. The molecule has 4 heteroatoms. The SMILES string of the molecule is CCC(C)NC(=O)NCC(C)N1CCCCC1. The minimum absolute atomic E-state index is 0.0387. The first kappa shape index (κ1) is 14.3. The summed E-state index contributed by atoms with van der Waals surface area (Å²) in [6.07, 6.45) is 4.91. The van der Waals surface area contributed by atoms with Gasteiger partial charge in [0.2, 0.25) is 0 Å². The fourth-order valence-corrected chi connectivity index (χ4v) is 2.11. The molecule has 2 unspecified atom stereocenters. The van der Waals surface area contributed by atoms with Crippen LogP contribution in [0.1, 0.15) is 46.5 Å². The number of nitrogens with one attached hydrogen (secondary N) is 2. The zero-order valence-corrected chi connectivity index (χ0v) is 11.5. The largest absolute Gasteiger partial charge is 0.337 e. The van der Waals surface area contributed by atoms with Gasteiger partial charge in [-0.1, -0.05) is 13.3 Å². The van der Waals surface area contributed by atoms with Gasteiger partial charge in [-0.25, -0.2) is 4.79 Å². The smallest absolute Gasteiger partial charge is 0.315 e. The first-order chi connectivity index (χ1) is 8.13. The molecule has 17 heavy (non-hydrogen) atoms. The molecule has 100 valence electrons. The van der Waals surface area contributed by atoms with Crippen LogP contribution in [0.3, 0.4) is 0 Å². The second kappa shape index (κ2) is 7.54. The fraction of sp³-hybridized carbons (Fsp3) is 0.923. The van der Waals surface area contributed by atoms with E-state index in [1.165, 1.54) is 32.4 Å². The van der Waals surface area contributed by atoms with E-state index in [0.29, 0.717) is 6.04 Å². The molecule has 4 nitrogen and oxygen atoms in total. The lowest BCUT2D eigenvalue weighted by Crippen LogP contribution is -2.48. The van der Waals surface area contributed by atoms with Crippen molar-refractivity contribution in [3.05, 3.63) is 0 Å². The summed E-state index contributed by atoms with van der Waals surface area (Å²) in [5.41, 5.74) is 0. The number of hydrogen-bond acceptors (Lipinski definition) is 2. The molecular formula is C13H27N3O. The van der Waals surface area contributed by atoms with Crippen LogP contribution in [0.5, 0.6) is 0 Å². The number of piperidine rings is 1. The molecule has 1 aliphatic heterocycles. The summed E-state index contributed by atoms with van der Waals surface area (Å²) in [5, 5.41) is 5.87. The van der Waals surface area contributed by atoms with Gasteiger partial charge in [-0.2, -0.15) is 0 Å². The fourth-order valence-electron chi connectivity index (χ4n) is 2.11. The maximum Gasteiger partial charge on any atom is 0.315 e. The van der Waals surface area contributed by atoms with Crippen molar-refractivity contribution in [2.45, 2.75) is 58.5 Å². The van der Waals surface area contributed by atoms with Gasteiger partial charge in [-0.3, -0.25) is 4.90 Å². The van der Waals surface area contributed by atoms with Crippen LogP contribution in [-0.2, 0) is 0 Å². The van der Waals surface area contributed by atoms with Gasteiger partial charge in [-0.15, -0.1) is 0 Å². The molecular weight excluding hydrogens is 214 g/mol. The van der Waals surface area contributed by atoms with Crippen molar-refractivity contribution in [3.63, 3.8) is 0 Å². The first-order valence-electron chi connectivity index (χ1n) is 6.92. The molecule has 0 saturated carbocycles. The number of hydrogen-bond donors (Lipinski definition) is 2. The number of likely N-dealkylation sites (tertiary alicyclic amines) is 1. The predicted molar refractivity (Wildman–Crippen MR) is 71.2 cm³/mol. The zero-order valence-electron chi connectivity index (χ0n) is 11.5. The molecule has 2 amide bonds. The van der Waals surface area contributed by atoms with Gasteiger partial charge in [0.15, 0.2) is 0 Å². The normalized spacial score (nSPS) is 20.6. The number of rotatable bonds is 5. The summed E-state index contributed by atoms with van der Waals surface area (Å²) in [4.78, 5) is 14.0. The van der Waals surface area contributed by atoms with Crippen LogP contribution in [0.25, 0.3) is 0 Å². The van der Waals surface area contributed by atoms with E-state index >= 15 is 0 Å². The van der Waals surface area contributed by atoms with Gasteiger partial charge in [0.05, 0.1) is 0 Å². The van der Waals surface area contributed by atoms with Gasteiger partial charge in [0, 0.05) is 18.6 Å². The van der Waals surface area contributed by atoms with E-state index in [9.17, 15) is 4.79 Å². The Bertz CT molecular complexity index is 227. The third kappa shape index (κ3) is 5.39. The van der Waals surface area contributed by atoms with E-state index in [1.54, 1.807) is 0 Å². The molecule has 0 aromatic heterocycles. The van der Waals surface area contributed by atoms with Gasteiger partial charge in [0.1, 0.15) is 0 Å². The maximum atomic E-state index is 11.6. The molecule has 1 fully saturated rings. The van der Waals surface area contributed by atoms with Crippen LogP contribution >= 0.6 is 0 Å². The second-order valence-electron chi connectivity index (χ2n) is 5.11. The average molecular weight is 241 g/mol. The molecule has 0 bridgehead atoms. The Morgan fingerprint density at radius 2 is 1.88 bits per heavy atom. The lowest BCUT2D eigenvalue weighted by Gasteiger charge is -2.32. The molecule has 1 rings (SSSR count). The van der Waals surface area contributed by atoms with Gasteiger partial charge in [-0.05, 0) is 46.2 Å². The first-order valence-corrected chi connectivity index (χ1v) is 6.92. The monoisotopic (exact) mass is 241 g/mol. The van der Waals surface area contributed by atoms with Crippen LogP contribution in [0.4, 0.5) is 4.79 Å². The Balaban J connectivity index is 2.17. The maximum absolute atomic E-state index is 11.6. The topological polar surface area (TPSA) is 44.4 Å². The van der Waals surface area contributed by atoms with Crippen molar-refractivity contribution in [1.82, 2.24) is 15.5 Å². The van der Waals surface area contributed by atoms with Crippen LogP contribution in [0, 0.1) is 0 Å². The number of amides is 2. The molecule has 0 aliphatic carbocycles. The summed E-state index contributed by atoms with van der Waals surface area (Å²) in [7, 11) is 0. The van der Waals surface area contributed by atoms with Crippen molar-refractivity contribution in [3.8, 4) is 0 Å². The second-order valence-corrected chi connectivity index (χ2v) is 5.11. The predicted octanol–water partition coefficient (Wildman–Crippen LogP) is 1.96. The Hall–Kier alpha value is -0.770. The van der Waals surface area contributed by atoms with E-state index in [-0.39, 0.29) is 12.1 Å². The highest BCUT2D eigenvalue weighted by Gasteiger charge is 2.17. The van der Waals surface area contributed by atoms with Gasteiger partial charge in [0.25, 0.3) is 0 Å². The Morgan fingerprint density at radius 3 is 2.47 bits per heavy atom. The lowest BCUT2D eigenvalue weighted by atomic mass is 10.1. The summed E-state index contributed by atoms with van der Waals surface area (Å²) < 4.78 is 0. The van der Waals surface area contributed by atoms with E-state index in [1.807, 2.05) is 6.92 Å². The third-order valence-corrected chi connectivity index (χ3v) is 3.56. The Labute approximate surface area is 105 Å². The zero-order chi connectivity index (χ0) is 12.7. The van der Waals surface area contributed by atoms with Crippen molar-refractivity contribution < 1.29 is 4.79 Å². The van der Waals surface area contributed by atoms with E-state index < -0.39 is 0 Å². The standard InChI is InChI=1S/C13H27N3O/c1-4-11(2)15-13(17)14-10-12(3)16-8-6-5-7-9-16/h11-12H,4-10H2,1-3H3,(H2,14,15,17). The summed E-state index contributed by atoms with van der Waals surface area (Å²) in [6.45, 7) is 9.37. The Morgan fingerprint density at radius 1 is 1.24 bits per heavy atom. The van der Waals surface area contributed by atoms with Gasteiger partial charge >= 0.3 is 6.03 Å². The molecule has 0 aromatic rings. The van der Waals surface area contributed by atoms with Crippen molar-refractivity contribution in [2.75, 3.05) is 19.6 Å². The van der Waals surface area contributed by atoms with Crippen LogP contribution in [-0.4, -0.2) is 42.6 Å². The molecule has 1 saturated heterocycles.